The lowest BCUT2D eigenvalue weighted by molar-refractivity contribution is -0.146. The third-order valence-electron chi connectivity index (χ3n) is 4.81. The first-order valence-electron chi connectivity index (χ1n) is 8.64. The molecule has 136 valence electrons. The van der Waals surface area contributed by atoms with Crippen LogP contribution in [0.1, 0.15) is 5.56 Å². The second-order valence-corrected chi connectivity index (χ2v) is 6.57. The predicted molar refractivity (Wildman–Crippen MR) is 93.1 cm³/mol. The highest BCUT2D eigenvalue weighted by atomic mass is 19.1. The molecule has 5 nitrogen and oxygen atoms in total. The van der Waals surface area contributed by atoms with E-state index in [9.17, 15) is 9.18 Å². The second-order valence-electron chi connectivity index (χ2n) is 6.57. The van der Waals surface area contributed by atoms with Crippen LogP contribution in [-0.4, -0.2) is 43.7 Å². The molecule has 2 aromatic carbocycles. The minimum atomic E-state index is -0.386. The number of nitrogens with zero attached hydrogens (tertiary/aromatic N) is 1. The molecule has 1 atom stereocenters. The summed E-state index contributed by atoms with van der Waals surface area (Å²) in [6.45, 7) is 1.27. The molecule has 0 radical (unpaired) electrons. The molecule has 4 rings (SSSR count). The second kappa shape index (κ2) is 6.86. The third-order valence-corrected chi connectivity index (χ3v) is 4.81. The highest BCUT2D eigenvalue weighted by Gasteiger charge is 2.38. The zero-order valence-electron chi connectivity index (χ0n) is 14.5. The minimum absolute atomic E-state index is 0.0480. The molecule has 2 aliphatic rings. The van der Waals surface area contributed by atoms with Crippen LogP contribution in [0.3, 0.4) is 0 Å². The van der Waals surface area contributed by atoms with E-state index in [4.69, 9.17) is 14.2 Å². The highest BCUT2D eigenvalue weighted by Crippen LogP contribution is 2.36. The summed E-state index contributed by atoms with van der Waals surface area (Å²) in [6, 6.07) is 12.0. The van der Waals surface area contributed by atoms with Crippen LogP contribution in [0.2, 0.25) is 0 Å². The van der Waals surface area contributed by atoms with Crippen LogP contribution in [0.25, 0.3) is 0 Å². The Labute approximate surface area is 151 Å². The van der Waals surface area contributed by atoms with E-state index in [1.165, 1.54) is 6.07 Å². The SMILES string of the molecule is COc1cccc2c1OCC(C(=O)N1CC(Oc3ccccc3F)C1)C2. The fraction of sp³-hybridized carbons (Fsp3) is 0.350. The van der Waals surface area contributed by atoms with Crippen molar-refractivity contribution in [3.05, 3.63) is 53.8 Å². The molecule has 26 heavy (non-hydrogen) atoms. The average molecular weight is 357 g/mol. The molecule has 2 aromatic rings. The monoisotopic (exact) mass is 357 g/mol. The van der Waals surface area contributed by atoms with Gasteiger partial charge in [0.2, 0.25) is 5.91 Å². The standard InChI is InChI=1S/C20H20FNO4/c1-24-18-8-4-5-13-9-14(12-25-19(13)18)20(23)22-10-15(11-22)26-17-7-3-2-6-16(17)21/h2-8,14-15H,9-12H2,1H3. The molecule has 0 aliphatic carbocycles. The first kappa shape index (κ1) is 16.7. The van der Waals surface area contributed by atoms with Gasteiger partial charge in [-0.25, -0.2) is 4.39 Å². The number of para-hydroxylation sites is 2. The summed E-state index contributed by atoms with van der Waals surface area (Å²) in [5.74, 6) is 1.09. The van der Waals surface area contributed by atoms with Crippen LogP contribution in [0.15, 0.2) is 42.5 Å². The fourth-order valence-corrected chi connectivity index (χ4v) is 3.38. The van der Waals surface area contributed by atoms with Crippen molar-refractivity contribution in [2.45, 2.75) is 12.5 Å². The average Bonchev–Trinajstić information content (AvgIpc) is 2.64. The summed E-state index contributed by atoms with van der Waals surface area (Å²) in [4.78, 5) is 14.4. The van der Waals surface area contributed by atoms with Gasteiger partial charge in [0.15, 0.2) is 23.1 Å². The Morgan fingerprint density at radius 1 is 1.15 bits per heavy atom. The molecular weight excluding hydrogens is 337 g/mol. The van der Waals surface area contributed by atoms with Crippen LogP contribution in [0, 0.1) is 11.7 Å². The molecule has 0 spiro atoms. The molecule has 1 unspecified atom stereocenters. The summed E-state index contributed by atoms with van der Waals surface area (Å²) in [6.07, 6.45) is 0.452. The van der Waals surface area contributed by atoms with Gasteiger partial charge in [0.05, 0.1) is 26.1 Å². The van der Waals surface area contributed by atoms with Gasteiger partial charge in [-0.05, 0) is 30.2 Å². The van der Waals surface area contributed by atoms with E-state index in [-0.39, 0.29) is 29.5 Å². The van der Waals surface area contributed by atoms with Gasteiger partial charge in [-0.1, -0.05) is 24.3 Å². The number of benzene rings is 2. The van der Waals surface area contributed by atoms with Gasteiger partial charge in [-0.15, -0.1) is 0 Å². The number of hydrogen-bond donors (Lipinski definition) is 0. The van der Waals surface area contributed by atoms with Gasteiger partial charge in [-0.2, -0.15) is 0 Å². The maximum atomic E-state index is 13.6. The van der Waals surface area contributed by atoms with Gasteiger partial charge in [0.25, 0.3) is 0 Å². The minimum Gasteiger partial charge on any atom is -0.493 e. The van der Waals surface area contributed by atoms with Gasteiger partial charge in [0.1, 0.15) is 12.7 Å². The van der Waals surface area contributed by atoms with Crippen LogP contribution in [0.5, 0.6) is 17.2 Å². The lowest BCUT2D eigenvalue weighted by atomic mass is 9.94. The zero-order valence-corrected chi connectivity index (χ0v) is 14.5. The predicted octanol–water partition coefficient (Wildman–Crippen LogP) is 2.68. The molecule has 0 saturated carbocycles. The normalized spacial score (nSPS) is 19.2. The van der Waals surface area contributed by atoms with E-state index in [0.717, 1.165) is 11.3 Å². The number of halogens is 1. The smallest absolute Gasteiger partial charge is 0.229 e. The summed E-state index contributed by atoms with van der Waals surface area (Å²) in [5.41, 5.74) is 0.980. The number of amides is 1. The van der Waals surface area contributed by atoms with Crippen LogP contribution in [0.4, 0.5) is 4.39 Å². The van der Waals surface area contributed by atoms with E-state index < -0.39 is 0 Å². The summed E-state index contributed by atoms with van der Waals surface area (Å²) in [7, 11) is 1.60. The topological polar surface area (TPSA) is 48.0 Å². The van der Waals surface area contributed by atoms with Gasteiger partial charge >= 0.3 is 0 Å². The van der Waals surface area contributed by atoms with Crippen molar-refractivity contribution in [3.63, 3.8) is 0 Å². The molecule has 0 aromatic heterocycles. The van der Waals surface area contributed by atoms with E-state index >= 15 is 0 Å². The number of ether oxygens (including phenoxy) is 3. The van der Waals surface area contributed by atoms with Gasteiger partial charge in [-0.3, -0.25) is 4.79 Å². The van der Waals surface area contributed by atoms with Crippen molar-refractivity contribution < 1.29 is 23.4 Å². The van der Waals surface area contributed by atoms with Crippen molar-refractivity contribution in [1.29, 1.82) is 0 Å². The molecule has 2 aliphatic heterocycles. The van der Waals surface area contributed by atoms with Gasteiger partial charge in [0, 0.05) is 0 Å². The number of methoxy groups -OCH3 is 1. The molecule has 6 heteroatoms. The number of hydrogen-bond acceptors (Lipinski definition) is 4. The van der Waals surface area contributed by atoms with E-state index in [0.29, 0.717) is 31.9 Å². The van der Waals surface area contributed by atoms with E-state index in [1.807, 2.05) is 18.2 Å². The van der Waals surface area contributed by atoms with Crippen LogP contribution < -0.4 is 14.2 Å². The molecule has 2 heterocycles. The van der Waals surface area contributed by atoms with Crippen molar-refractivity contribution in [2.75, 3.05) is 26.8 Å². The van der Waals surface area contributed by atoms with Crippen molar-refractivity contribution >= 4 is 5.91 Å². The Balaban J connectivity index is 1.34. The fourth-order valence-electron chi connectivity index (χ4n) is 3.38. The summed E-state index contributed by atoms with van der Waals surface area (Å²) >= 11 is 0. The molecule has 1 amide bonds. The zero-order chi connectivity index (χ0) is 18.1. The summed E-state index contributed by atoms with van der Waals surface area (Å²) in [5, 5.41) is 0. The maximum Gasteiger partial charge on any atom is 0.229 e. The number of likely N-dealkylation sites (tertiary alicyclic amines) is 1. The Hall–Kier alpha value is -2.76. The number of rotatable bonds is 4. The maximum absolute atomic E-state index is 13.6. The molecule has 0 bridgehead atoms. The highest BCUT2D eigenvalue weighted by molar-refractivity contribution is 5.80. The van der Waals surface area contributed by atoms with Crippen LogP contribution in [-0.2, 0) is 11.2 Å². The van der Waals surface area contributed by atoms with Crippen molar-refractivity contribution in [2.24, 2.45) is 5.92 Å². The Morgan fingerprint density at radius 2 is 1.92 bits per heavy atom. The molecule has 1 saturated heterocycles. The number of fused-ring (bicyclic) bond motifs is 1. The number of carbonyl (C=O) groups is 1. The van der Waals surface area contributed by atoms with Crippen molar-refractivity contribution in [1.82, 2.24) is 4.90 Å². The third kappa shape index (κ3) is 3.07. The Kier molecular flexibility index (Phi) is 4.41. The van der Waals surface area contributed by atoms with Crippen LogP contribution >= 0.6 is 0 Å². The summed E-state index contributed by atoms with van der Waals surface area (Å²) < 4.78 is 30.3. The molecular formula is C20H20FNO4. The lowest BCUT2D eigenvalue weighted by Crippen LogP contribution is -2.58. The first-order chi connectivity index (χ1) is 12.7. The molecule has 0 N–H and O–H groups in total. The quantitative estimate of drug-likeness (QED) is 0.844. The van der Waals surface area contributed by atoms with E-state index in [1.54, 1.807) is 30.2 Å². The van der Waals surface area contributed by atoms with E-state index in [2.05, 4.69) is 0 Å². The lowest BCUT2D eigenvalue weighted by Gasteiger charge is -2.41. The van der Waals surface area contributed by atoms with Gasteiger partial charge < -0.3 is 19.1 Å². The first-order valence-corrected chi connectivity index (χ1v) is 8.64. The number of carbonyl (C=O) groups excluding carboxylic acids is 1. The Bertz CT molecular complexity index is 819. The molecule has 1 fully saturated rings. The van der Waals surface area contributed by atoms with Crippen molar-refractivity contribution in [3.8, 4) is 17.2 Å². The largest absolute Gasteiger partial charge is 0.493 e. The Morgan fingerprint density at radius 3 is 2.69 bits per heavy atom.